The SMILES string of the molecule is C=CCCC(=O)N[C@H](COC)[C@H](OC(=O)[C@@H]1[C@H]2C(=O)N([C@@H](CO)[C@@H](C)CC)[C@H](C(=O)N(CC=C)c3c(C)cccc3C)[C@]23CC[C@H]1O3)c1ccccc1. The zero-order valence-corrected chi connectivity index (χ0v) is 31.7. The molecule has 0 aliphatic carbocycles. The Labute approximate surface area is 313 Å². The zero-order chi connectivity index (χ0) is 38.4. The minimum absolute atomic E-state index is 0.0540. The predicted molar refractivity (Wildman–Crippen MR) is 202 cm³/mol. The highest BCUT2D eigenvalue weighted by Gasteiger charge is 2.76. The van der Waals surface area contributed by atoms with Crippen LogP contribution in [-0.4, -0.2) is 90.4 Å². The van der Waals surface area contributed by atoms with Gasteiger partial charge in [-0.3, -0.25) is 19.2 Å². The molecule has 286 valence electrons. The number of nitrogens with one attached hydrogen (secondary N) is 1. The number of aliphatic hydroxyl groups is 1. The first kappa shape index (κ1) is 39.9. The number of aryl methyl sites for hydroxylation is 2. The molecule has 3 aliphatic heterocycles. The number of amides is 3. The molecule has 2 aromatic carbocycles. The van der Waals surface area contributed by atoms with Crippen LogP contribution in [0.3, 0.4) is 0 Å². The molecule has 2 bridgehead atoms. The fraction of sp³-hybridized carbons (Fsp3) is 0.524. The number of para-hydroxylation sites is 1. The average Bonchev–Trinajstić information content (AvgIpc) is 3.80. The van der Waals surface area contributed by atoms with E-state index in [4.69, 9.17) is 14.2 Å². The highest BCUT2D eigenvalue weighted by Crippen LogP contribution is 2.60. The maximum atomic E-state index is 15.2. The summed E-state index contributed by atoms with van der Waals surface area (Å²) in [5.41, 5.74) is 1.81. The summed E-state index contributed by atoms with van der Waals surface area (Å²) in [4.78, 5) is 60.9. The molecule has 0 saturated carbocycles. The number of hydrogen-bond donors (Lipinski definition) is 2. The maximum Gasteiger partial charge on any atom is 0.313 e. The van der Waals surface area contributed by atoms with E-state index in [1.165, 1.54) is 12.0 Å². The van der Waals surface area contributed by atoms with Crippen molar-refractivity contribution in [1.29, 1.82) is 0 Å². The third-order valence-electron chi connectivity index (χ3n) is 11.4. The second-order valence-electron chi connectivity index (χ2n) is 14.6. The fourth-order valence-corrected chi connectivity index (χ4v) is 8.73. The zero-order valence-electron chi connectivity index (χ0n) is 31.7. The standard InChI is InChI=1S/C42H55N3O8/c1-8-11-20-33(47)43-30(25-51-7)37(29-18-13-12-14-19-29)52-41(50)34-32-21-22-42(53-32)35(34)39(48)45(31(24-46)26(4)10-3)38(42)40(49)44(23-9-2)36-27(5)16-15-17-28(36)6/h8-9,12-19,26,30-32,34-35,37-38,46H,1-2,10-11,20-25H2,3-7H3,(H,43,47)/t26-,30+,31-,32+,34-,35-,37+,38+,42-/m0/s1. The molecule has 0 aromatic heterocycles. The molecule has 2 aromatic rings. The normalized spacial score (nSPS) is 25.2. The Hall–Kier alpha value is -4.32. The molecule has 2 N–H and O–H groups in total. The van der Waals surface area contributed by atoms with Gasteiger partial charge in [-0.2, -0.15) is 0 Å². The topological polar surface area (TPSA) is 135 Å². The van der Waals surface area contributed by atoms with Crippen molar-refractivity contribution in [2.75, 3.05) is 31.8 Å². The monoisotopic (exact) mass is 729 g/mol. The van der Waals surface area contributed by atoms with Gasteiger partial charge < -0.3 is 34.4 Å². The van der Waals surface area contributed by atoms with Crippen LogP contribution in [0.15, 0.2) is 73.8 Å². The van der Waals surface area contributed by atoms with E-state index >= 15 is 4.79 Å². The van der Waals surface area contributed by atoms with Crippen LogP contribution in [0.5, 0.6) is 0 Å². The summed E-state index contributed by atoms with van der Waals surface area (Å²) >= 11 is 0. The van der Waals surface area contributed by atoms with E-state index in [0.29, 0.717) is 31.2 Å². The van der Waals surface area contributed by atoms with Crippen molar-refractivity contribution >= 4 is 29.4 Å². The molecule has 53 heavy (non-hydrogen) atoms. The van der Waals surface area contributed by atoms with E-state index in [9.17, 15) is 19.5 Å². The molecule has 11 nitrogen and oxygen atoms in total. The smallest absolute Gasteiger partial charge is 0.313 e. The number of aliphatic hydroxyl groups excluding tert-OH is 1. The van der Waals surface area contributed by atoms with Gasteiger partial charge in [0.15, 0.2) is 0 Å². The summed E-state index contributed by atoms with van der Waals surface area (Å²) in [7, 11) is 1.51. The van der Waals surface area contributed by atoms with Crippen molar-refractivity contribution in [2.45, 2.75) is 95.7 Å². The van der Waals surface area contributed by atoms with Gasteiger partial charge >= 0.3 is 5.97 Å². The number of rotatable bonds is 18. The predicted octanol–water partition coefficient (Wildman–Crippen LogP) is 4.99. The first-order chi connectivity index (χ1) is 25.5. The number of fused-ring (bicyclic) bond motifs is 1. The molecule has 3 saturated heterocycles. The maximum absolute atomic E-state index is 15.2. The Bertz CT molecular complexity index is 1640. The van der Waals surface area contributed by atoms with Gasteiger partial charge in [0.05, 0.1) is 43.2 Å². The number of anilines is 1. The van der Waals surface area contributed by atoms with Crippen LogP contribution in [0, 0.1) is 31.6 Å². The summed E-state index contributed by atoms with van der Waals surface area (Å²) < 4.78 is 18.6. The average molecular weight is 730 g/mol. The molecular weight excluding hydrogens is 674 g/mol. The highest BCUT2D eigenvalue weighted by molar-refractivity contribution is 6.05. The quantitative estimate of drug-likeness (QED) is 0.162. The van der Waals surface area contributed by atoms with Gasteiger partial charge in [-0.15, -0.1) is 13.2 Å². The number of hydrogen-bond acceptors (Lipinski definition) is 8. The van der Waals surface area contributed by atoms with Gasteiger partial charge in [0.25, 0.3) is 5.91 Å². The van der Waals surface area contributed by atoms with Gasteiger partial charge in [-0.05, 0) is 55.7 Å². The van der Waals surface area contributed by atoms with Gasteiger partial charge in [-0.1, -0.05) is 81.0 Å². The Morgan fingerprint density at radius 1 is 1.11 bits per heavy atom. The lowest BCUT2D eigenvalue weighted by atomic mass is 9.70. The summed E-state index contributed by atoms with van der Waals surface area (Å²) in [6, 6.07) is 12.4. The minimum atomic E-state index is -1.33. The molecule has 3 amide bonds. The Morgan fingerprint density at radius 3 is 2.42 bits per heavy atom. The second-order valence-corrected chi connectivity index (χ2v) is 14.6. The number of likely N-dealkylation sites (tertiary alicyclic amines) is 1. The summed E-state index contributed by atoms with van der Waals surface area (Å²) in [5, 5.41) is 13.8. The van der Waals surface area contributed by atoms with Crippen LogP contribution in [0.2, 0.25) is 0 Å². The van der Waals surface area contributed by atoms with Gasteiger partial charge in [-0.25, -0.2) is 0 Å². The first-order valence-electron chi connectivity index (χ1n) is 18.7. The minimum Gasteiger partial charge on any atom is -0.455 e. The summed E-state index contributed by atoms with van der Waals surface area (Å²) in [6.45, 7) is 15.3. The van der Waals surface area contributed by atoms with Crippen LogP contribution >= 0.6 is 0 Å². The molecule has 5 rings (SSSR count). The molecule has 3 fully saturated rings. The molecule has 0 unspecified atom stereocenters. The van der Waals surface area contributed by atoms with Crippen molar-refractivity contribution in [3.63, 3.8) is 0 Å². The summed E-state index contributed by atoms with van der Waals surface area (Å²) in [6.07, 6.45) is 3.84. The largest absolute Gasteiger partial charge is 0.455 e. The van der Waals surface area contributed by atoms with Crippen LogP contribution in [0.1, 0.15) is 68.7 Å². The number of benzene rings is 2. The number of nitrogens with zero attached hydrogens (tertiary/aromatic N) is 2. The second kappa shape index (κ2) is 17.2. The number of esters is 1. The molecule has 0 radical (unpaired) electrons. The Morgan fingerprint density at radius 2 is 1.81 bits per heavy atom. The third kappa shape index (κ3) is 7.57. The van der Waals surface area contributed by atoms with E-state index in [1.807, 2.05) is 76.2 Å². The van der Waals surface area contributed by atoms with Gasteiger partial charge in [0.1, 0.15) is 17.7 Å². The van der Waals surface area contributed by atoms with Crippen LogP contribution in [0.4, 0.5) is 5.69 Å². The van der Waals surface area contributed by atoms with E-state index in [2.05, 4.69) is 18.5 Å². The number of carbonyl (C=O) groups excluding carboxylic acids is 4. The van der Waals surface area contributed by atoms with Crippen molar-refractivity contribution < 1.29 is 38.5 Å². The molecule has 9 atom stereocenters. The van der Waals surface area contributed by atoms with Gasteiger partial charge in [0.2, 0.25) is 11.8 Å². The van der Waals surface area contributed by atoms with Crippen molar-refractivity contribution in [1.82, 2.24) is 10.2 Å². The Balaban J connectivity index is 1.57. The molecule has 3 heterocycles. The van der Waals surface area contributed by atoms with E-state index in [0.717, 1.165) is 16.8 Å². The lowest BCUT2D eigenvalue weighted by Gasteiger charge is -2.41. The first-order valence-corrected chi connectivity index (χ1v) is 18.7. The highest BCUT2D eigenvalue weighted by atomic mass is 16.6. The number of carbonyl (C=O) groups is 4. The molecule has 1 spiro atoms. The number of ether oxygens (including phenoxy) is 3. The van der Waals surface area contributed by atoms with Gasteiger partial charge in [0, 0.05) is 25.8 Å². The molecule has 11 heteroatoms. The lowest BCUT2D eigenvalue weighted by molar-refractivity contribution is -0.163. The van der Waals surface area contributed by atoms with E-state index in [1.54, 1.807) is 17.1 Å². The van der Waals surface area contributed by atoms with Crippen LogP contribution < -0.4 is 10.2 Å². The van der Waals surface area contributed by atoms with E-state index in [-0.39, 0.29) is 43.9 Å². The molecule has 3 aliphatic rings. The van der Waals surface area contributed by atoms with E-state index < -0.39 is 59.6 Å². The van der Waals surface area contributed by atoms with Crippen molar-refractivity contribution in [3.8, 4) is 0 Å². The Kier molecular flexibility index (Phi) is 13.0. The number of methoxy groups -OCH3 is 1. The fourth-order valence-electron chi connectivity index (χ4n) is 8.73. The van der Waals surface area contributed by atoms with Crippen molar-refractivity contribution in [3.05, 3.63) is 90.5 Å². The van der Waals surface area contributed by atoms with Crippen LogP contribution in [0.25, 0.3) is 0 Å². The third-order valence-corrected chi connectivity index (χ3v) is 11.4. The summed E-state index contributed by atoms with van der Waals surface area (Å²) in [5.74, 6) is -3.86. The van der Waals surface area contributed by atoms with Crippen LogP contribution in [-0.2, 0) is 33.4 Å². The lowest BCUT2D eigenvalue weighted by Crippen LogP contribution is -2.60. The molecular formula is C42H55N3O8. The number of allylic oxidation sites excluding steroid dienone is 1. The van der Waals surface area contributed by atoms with Crippen molar-refractivity contribution in [2.24, 2.45) is 17.8 Å².